The summed E-state index contributed by atoms with van der Waals surface area (Å²) in [5, 5.41) is 13.1. The fourth-order valence-corrected chi connectivity index (χ4v) is 3.36. The number of aromatic nitrogens is 1. The van der Waals surface area contributed by atoms with Gasteiger partial charge in [0, 0.05) is 22.5 Å². The molecule has 0 fully saturated rings. The summed E-state index contributed by atoms with van der Waals surface area (Å²) in [5.74, 6) is -0.483. The largest absolute Gasteiger partial charge is 0.297 e. The van der Waals surface area contributed by atoms with Gasteiger partial charge in [-0.2, -0.15) is 5.26 Å². The SMILES string of the molecule is Cc1ccc(Cc2cnc(NC(=O)/C(C#N)=C\c3ccc(Cl)cc3)s2)cc1. The summed E-state index contributed by atoms with van der Waals surface area (Å²) in [5.41, 5.74) is 3.13. The van der Waals surface area contributed by atoms with Gasteiger partial charge >= 0.3 is 0 Å². The number of nitrogens with one attached hydrogen (secondary N) is 1. The van der Waals surface area contributed by atoms with E-state index in [1.165, 1.54) is 28.5 Å². The molecule has 27 heavy (non-hydrogen) atoms. The van der Waals surface area contributed by atoms with Crippen LogP contribution in [0.3, 0.4) is 0 Å². The Balaban J connectivity index is 1.68. The Morgan fingerprint density at radius 1 is 1.22 bits per heavy atom. The van der Waals surface area contributed by atoms with Crippen LogP contribution in [0.25, 0.3) is 6.08 Å². The zero-order valence-electron chi connectivity index (χ0n) is 14.6. The van der Waals surface area contributed by atoms with E-state index in [1.807, 2.05) is 6.07 Å². The Labute approximate surface area is 166 Å². The second-order valence-corrected chi connectivity index (χ2v) is 7.52. The van der Waals surface area contributed by atoms with Gasteiger partial charge in [0.1, 0.15) is 11.6 Å². The van der Waals surface area contributed by atoms with Gasteiger partial charge in [0.2, 0.25) is 0 Å². The molecule has 134 valence electrons. The van der Waals surface area contributed by atoms with Crippen LogP contribution in [0.4, 0.5) is 5.13 Å². The Morgan fingerprint density at radius 3 is 2.59 bits per heavy atom. The number of carbonyl (C=O) groups excluding carboxylic acids is 1. The molecule has 1 aromatic heterocycles. The topological polar surface area (TPSA) is 65.8 Å². The number of halogens is 1. The molecule has 3 aromatic rings. The molecule has 2 aromatic carbocycles. The number of nitriles is 1. The highest BCUT2D eigenvalue weighted by atomic mass is 35.5. The molecule has 6 heteroatoms. The molecule has 1 amide bonds. The molecule has 0 aliphatic carbocycles. The van der Waals surface area contributed by atoms with Crippen LogP contribution in [0.2, 0.25) is 5.02 Å². The highest BCUT2D eigenvalue weighted by Crippen LogP contribution is 2.22. The van der Waals surface area contributed by atoms with Crippen molar-refractivity contribution in [3.8, 4) is 6.07 Å². The van der Waals surface area contributed by atoms with Crippen LogP contribution in [0.1, 0.15) is 21.6 Å². The fourth-order valence-electron chi connectivity index (χ4n) is 2.39. The van der Waals surface area contributed by atoms with Gasteiger partial charge in [0.25, 0.3) is 5.91 Å². The molecule has 0 unspecified atom stereocenters. The number of aryl methyl sites for hydroxylation is 1. The van der Waals surface area contributed by atoms with Gasteiger partial charge in [-0.1, -0.05) is 53.6 Å². The Bertz CT molecular complexity index is 1010. The Morgan fingerprint density at radius 2 is 1.93 bits per heavy atom. The molecule has 1 heterocycles. The van der Waals surface area contributed by atoms with Gasteiger partial charge in [-0.3, -0.25) is 10.1 Å². The molecular formula is C21H16ClN3OS. The minimum Gasteiger partial charge on any atom is -0.297 e. The van der Waals surface area contributed by atoms with E-state index in [4.69, 9.17) is 11.6 Å². The maximum absolute atomic E-state index is 12.4. The van der Waals surface area contributed by atoms with Gasteiger partial charge in [-0.25, -0.2) is 4.98 Å². The molecule has 0 aliphatic heterocycles. The van der Waals surface area contributed by atoms with Gasteiger partial charge in [0.15, 0.2) is 5.13 Å². The highest BCUT2D eigenvalue weighted by Gasteiger charge is 2.12. The quantitative estimate of drug-likeness (QED) is 0.476. The third-order valence-electron chi connectivity index (χ3n) is 3.82. The van der Waals surface area contributed by atoms with E-state index >= 15 is 0 Å². The van der Waals surface area contributed by atoms with E-state index in [-0.39, 0.29) is 5.57 Å². The summed E-state index contributed by atoms with van der Waals surface area (Å²) in [6.07, 6.45) is 4.01. The molecule has 0 saturated carbocycles. The molecule has 0 aliphatic rings. The second-order valence-electron chi connectivity index (χ2n) is 5.97. The fraction of sp³-hybridized carbons (Fsp3) is 0.0952. The van der Waals surface area contributed by atoms with Crippen molar-refractivity contribution >= 4 is 40.1 Å². The first-order chi connectivity index (χ1) is 13.0. The molecule has 4 nitrogen and oxygen atoms in total. The van der Waals surface area contributed by atoms with Crippen molar-refractivity contribution in [1.29, 1.82) is 5.26 Å². The number of carbonyl (C=O) groups is 1. The third kappa shape index (κ3) is 5.27. The van der Waals surface area contributed by atoms with E-state index in [1.54, 1.807) is 30.5 Å². The smallest absolute Gasteiger partial charge is 0.268 e. The number of hydrogen-bond donors (Lipinski definition) is 1. The van der Waals surface area contributed by atoms with Gasteiger partial charge in [0.05, 0.1) is 0 Å². The number of anilines is 1. The number of rotatable bonds is 5. The van der Waals surface area contributed by atoms with Crippen LogP contribution in [0, 0.1) is 18.3 Å². The molecule has 0 atom stereocenters. The normalized spacial score (nSPS) is 11.1. The minimum absolute atomic E-state index is 0.00704. The van der Waals surface area contributed by atoms with Crippen molar-refractivity contribution < 1.29 is 4.79 Å². The minimum atomic E-state index is -0.483. The number of nitrogens with zero attached hydrogens (tertiary/aromatic N) is 2. The predicted octanol–water partition coefficient (Wildman–Crippen LogP) is 5.24. The molecule has 3 rings (SSSR count). The summed E-state index contributed by atoms with van der Waals surface area (Å²) in [6.45, 7) is 2.05. The number of amides is 1. The van der Waals surface area contributed by atoms with Crippen LogP contribution >= 0.6 is 22.9 Å². The van der Waals surface area contributed by atoms with E-state index in [0.717, 1.165) is 16.9 Å². The lowest BCUT2D eigenvalue weighted by Crippen LogP contribution is -2.13. The summed E-state index contributed by atoms with van der Waals surface area (Å²) in [7, 11) is 0. The number of hydrogen-bond acceptors (Lipinski definition) is 4. The van der Waals surface area contributed by atoms with Gasteiger partial charge < -0.3 is 0 Å². The first-order valence-electron chi connectivity index (χ1n) is 8.22. The second kappa shape index (κ2) is 8.63. The van der Waals surface area contributed by atoms with Crippen LogP contribution in [-0.4, -0.2) is 10.9 Å². The van der Waals surface area contributed by atoms with E-state index in [0.29, 0.717) is 10.2 Å². The Kier molecular flexibility index (Phi) is 6.02. The monoisotopic (exact) mass is 393 g/mol. The summed E-state index contributed by atoms with van der Waals surface area (Å²) >= 11 is 7.25. The third-order valence-corrected chi connectivity index (χ3v) is 4.98. The zero-order valence-corrected chi connectivity index (χ0v) is 16.1. The Hall–Kier alpha value is -2.94. The molecular weight excluding hydrogens is 378 g/mol. The van der Waals surface area contributed by atoms with Crippen molar-refractivity contribution in [2.75, 3.05) is 5.32 Å². The highest BCUT2D eigenvalue weighted by molar-refractivity contribution is 7.15. The van der Waals surface area contributed by atoms with Crippen LogP contribution < -0.4 is 5.32 Å². The van der Waals surface area contributed by atoms with Crippen LogP contribution in [-0.2, 0) is 11.2 Å². The van der Waals surface area contributed by atoms with Crippen molar-refractivity contribution in [2.45, 2.75) is 13.3 Å². The lowest BCUT2D eigenvalue weighted by molar-refractivity contribution is -0.112. The first kappa shape index (κ1) is 18.8. The van der Waals surface area contributed by atoms with Crippen molar-refractivity contribution in [1.82, 2.24) is 4.98 Å². The van der Waals surface area contributed by atoms with Crippen LogP contribution in [0.15, 0.2) is 60.3 Å². The lowest BCUT2D eigenvalue weighted by atomic mass is 10.1. The van der Waals surface area contributed by atoms with E-state index in [9.17, 15) is 10.1 Å². The number of thiazole rings is 1. The van der Waals surface area contributed by atoms with Gasteiger partial charge in [-0.15, -0.1) is 11.3 Å². The average molecular weight is 394 g/mol. The predicted molar refractivity (Wildman–Crippen MR) is 110 cm³/mol. The summed E-state index contributed by atoms with van der Waals surface area (Å²) in [6, 6.07) is 17.1. The maximum Gasteiger partial charge on any atom is 0.268 e. The molecule has 0 spiro atoms. The van der Waals surface area contributed by atoms with Crippen molar-refractivity contribution in [3.63, 3.8) is 0 Å². The summed E-state index contributed by atoms with van der Waals surface area (Å²) in [4.78, 5) is 17.6. The van der Waals surface area contributed by atoms with Gasteiger partial charge in [-0.05, 0) is 36.3 Å². The lowest BCUT2D eigenvalue weighted by Gasteiger charge is -2.01. The van der Waals surface area contributed by atoms with Crippen LogP contribution in [0.5, 0.6) is 0 Å². The van der Waals surface area contributed by atoms with E-state index < -0.39 is 5.91 Å². The zero-order chi connectivity index (χ0) is 19.2. The van der Waals surface area contributed by atoms with Crippen molar-refractivity contribution in [2.24, 2.45) is 0 Å². The molecule has 1 N–H and O–H groups in total. The maximum atomic E-state index is 12.4. The van der Waals surface area contributed by atoms with E-state index in [2.05, 4.69) is 41.5 Å². The average Bonchev–Trinajstić information content (AvgIpc) is 3.10. The standard InChI is InChI=1S/C21H16ClN3OS/c1-14-2-4-16(5-3-14)11-19-13-24-21(27-19)25-20(26)17(12-23)10-15-6-8-18(22)9-7-15/h2-10,13H,11H2,1H3,(H,24,25,26)/b17-10-. The molecule has 0 radical (unpaired) electrons. The summed E-state index contributed by atoms with van der Waals surface area (Å²) < 4.78 is 0. The molecule has 0 saturated heterocycles. The van der Waals surface area contributed by atoms with Crippen molar-refractivity contribution in [3.05, 3.63) is 86.9 Å². The number of benzene rings is 2. The first-order valence-corrected chi connectivity index (χ1v) is 9.42. The molecule has 0 bridgehead atoms.